The molecule has 0 bridgehead atoms. The van der Waals surface area contributed by atoms with Crippen LogP contribution in [0, 0.1) is 6.92 Å². The Morgan fingerprint density at radius 3 is 2.83 bits per heavy atom. The van der Waals surface area contributed by atoms with Crippen LogP contribution in [0.3, 0.4) is 0 Å². The number of aromatic nitrogens is 2. The molecule has 0 saturated heterocycles. The standard InChI is InChI=1S/C14H18ClN3/c1-10-13(7-8-16-2)17-14(18(10)3)11-5-4-6-12(15)9-11/h4-6,9,16H,7-8H2,1-3H3. The van der Waals surface area contributed by atoms with Gasteiger partial charge in [-0.1, -0.05) is 23.7 Å². The maximum absolute atomic E-state index is 6.03. The van der Waals surface area contributed by atoms with Gasteiger partial charge >= 0.3 is 0 Å². The Labute approximate surface area is 113 Å². The van der Waals surface area contributed by atoms with E-state index in [2.05, 4.69) is 16.8 Å². The summed E-state index contributed by atoms with van der Waals surface area (Å²) in [5.41, 5.74) is 3.41. The van der Waals surface area contributed by atoms with Crippen LogP contribution in [0.5, 0.6) is 0 Å². The highest BCUT2D eigenvalue weighted by Gasteiger charge is 2.12. The summed E-state index contributed by atoms with van der Waals surface area (Å²) in [4.78, 5) is 4.72. The lowest BCUT2D eigenvalue weighted by atomic mass is 10.2. The minimum atomic E-state index is 0.741. The van der Waals surface area contributed by atoms with E-state index in [9.17, 15) is 0 Å². The highest BCUT2D eigenvalue weighted by molar-refractivity contribution is 6.30. The third kappa shape index (κ3) is 2.57. The van der Waals surface area contributed by atoms with Gasteiger partial charge in [-0.05, 0) is 26.1 Å². The number of nitrogens with one attached hydrogen (secondary N) is 1. The molecule has 4 heteroatoms. The second-order valence-corrected chi connectivity index (χ2v) is 4.83. The van der Waals surface area contributed by atoms with Crippen LogP contribution >= 0.6 is 11.6 Å². The normalized spacial score (nSPS) is 10.9. The molecule has 0 aliphatic heterocycles. The molecular weight excluding hydrogens is 246 g/mol. The Kier molecular flexibility index (Phi) is 4.04. The van der Waals surface area contributed by atoms with Crippen LogP contribution in [0.25, 0.3) is 11.4 Å². The molecule has 1 heterocycles. The summed E-state index contributed by atoms with van der Waals surface area (Å²) >= 11 is 6.03. The topological polar surface area (TPSA) is 29.9 Å². The first kappa shape index (κ1) is 13.1. The highest BCUT2D eigenvalue weighted by atomic mass is 35.5. The van der Waals surface area contributed by atoms with Gasteiger partial charge in [-0.2, -0.15) is 0 Å². The Hall–Kier alpha value is -1.32. The van der Waals surface area contributed by atoms with Gasteiger partial charge in [0.1, 0.15) is 5.82 Å². The average molecular weight is 264 g/mol. The molecule has 0 aliphatic rings. The van der Waals surface area contributed by atoms with Gasteiger partial charge in [0, 0.05) is 36.3 Å². The van der Waals surface area contributed by atoms with E-state index in [1.165, 1.54) is 5.69 Å². The monoisotopic (exact) mass is 263 g/mol. The Bertz CT molecular complexity index is 546. The predicted molar refractivity (Wildman–Crippen MR) is 76.0 cm³/mol. The summed E-state index contributed by atoms with van der Waals surface area (Å²) in [5.74, 6) is 0.973. The molecule has 0 spiro atoms. The van der Waals surface area contributed by atoms with E-state index < -0.39 is 0 Å². The van der Waals surface area contributed by atoms with E-state index in [1.54, 1.807) is 0 Å². The second kappa shape index (κ2) is 5.55. The predicted octanol–water partition coefficient (Wildman–Crippen LogP) is 2.81. The molecule has 18 heavy (non-hydrogen) atoms. The average Bonchev–Trinajstić information content (AvgIpc) is 2.64. The summed E-state index contributed by atoms with van der Waals surface area (Å²) < 4.78 is 2.12. The van der Waals surface area contributed by atoms with Gasteiger partial charge in [0.05, 0.1) is 5.69 Å². The number of hydrogen-bond donors (Lipinski definition) is 1. The third-order valence-electron chi connectivity index (χ3n) is 3.17. The first-order valence-corrected chi connectivity index (χ1v) is 6.44. The van der Waals surface area contributed by atoms with Crippen molar-refractivity contribution < 1.29 is 0 Å². The van der Waals surface area contributed by atoms with Crippen molar-refractivity contribution in [3.05, 3.63) is 40.7 Å². The van der Waals surface area contributed by atoms with Gasteiger partial charge in [-0.25, -0.2) is 4.98 Å². The lowest BCUT2D eigenvalue weighted by Gasteiger charge is -2.03. The van der Waals surface area contributed by atoms with Crippen LogP contribution in [-0.4, -0.2) is 23.1 Å². The van der Waals surface area contributed by atoms with Gasteiger partial charge < -0.3 is 9.88 Å². The van der Waals surface area contributed by atoms with Crippen LogP contribution in [0.15, 0.2) is 24.3 Å². The van der Waals surface area contributed by atoms with Gasteiger partial charge in [0.15, 0.2) is 0 Å². The number of likely N-dealkylation sites (N-methyl/N-ethyl adjacent to an activating group) is 1. The molecular formula is C14H18ClN3. The van der Waals surface area contributed by atoms with Crippen molar-refractivity contribution in [2.24, 2.45) is 7.05 Å². The zero-order valence-electron chi connectivity index (χ0n) is 11.0. The molecule has 0 radical (unpaired) electrons. The van der Waals surface area contributed by atoms with Crippen molar-refractivity contribution in [1.82, 2.24) is 14.9 Å². The molecule has 1 aromatic carbocycles. The smallest absolute Gasteiger partial charge is 0.140 e. The first-order valence-electron chi connectivity index (χ1n) is 6.06. The maximum Gasteiger partial charge on any atom is 0.140 e. The van der Waals surface area contributed by atoms with E-state index in [4.69, 9.17) is 16.6 Å². The number of halogens is 1. The van der Waals surface area contributed by atoms with Gasteiger partial charge in [-0.15, -0.1) is 0 Å². The molecule has 1 aromatic heterocycles. The van der Waals surface area contributed by atoms with Crippen LogP contribution in [0.1, 0.15) is 11.4 Å². The summed E-state index contributed by atoms with van der Waals surface area (Å²) in [6.45, 7) is 3.04. The van der Waals surface area contributed by atoms with E-state index in [1.807, 2.05) is 38.4 Å². The minimum Gasteiger partial charge on any atom is -0.331 e. The van der Waals surface area contributed by atoms with E-state index in [0.29, 0.717) is 0 Å². The molecule has 0 aliphatic carbocycles. The summed E-state index contributed by atoms with van der Waals surface area (Å²) in [5, 5.41) is 3.89. The minimum absolute atomic E-state index is 0.741. The van der Waals surface area contributed by atoms with Crippen molar-refractivity contribution in [3.8, 4) is 11.4 Å². The zero-order valence-corrected chi connectivity index (χ0v) is 11.8. The molecule has 2 rings (SSSR count). The van der Waals surface area contributed by atoms with Crippen molar-refractivity contribution in [2.75, 3.05) is 13.6 Å². The van der Waals surface area contributed by atoms with Crippen LogP contribution in [0.2, 0.25) is 5.02 Å². The molecule has 0 amide bonds. The SMILES string of the molecule is CNCCc1nc(-c2cccc(Cl)c2)n(C)c1C. The molecule has 0 saturated carbocycles. The highest BCUT2D eigenvalue weighted by Crippen LogP contribution is 2.23. The number of imidazole rings is 1. The molecule has 0 unspecified atom stereocenters. The van der Waals surface area contributed by atoms with E-state index in [-0.39, 0.29) is 0 Å². The Morgan fingerprint density at radius 2 is 2.17 bits per heavy atom. The molecule has 96 valence electrons. The van der Waals surface area contributed by atoms with E-state index >= 15 is 0 Å². The fraction of sp³-hybridized carbons (Fsp3) is 0.357. The van der Waals surface area contributed by atoms with Crippen molar-refractivity contribution in [3.63, 3.8) is 0 Å². The van der Waals surface area contributed by atoms with Crippen LogP contribution in [0.4, 0.5) is 0 Å². The summed E-state index contributed by atoms with van der Waals surface area (Å²) in [7, 11) is 4.00. The fourth-order valence-corrected chi connectivity index (χ4v) is 2.19. The number of benzene rings is 1. The van der Waals surface area contributed by atoms with Crippen LogP contribution in [-0.2, 0) is 13.5 Å². The lowest BCUT2D eigenvalue weighted by Crippen LogP contribution is -2.11. The third-order valence-corrected chi connectivity index (χ3v) is 3.41. The van der Waals surface area contributed by atoms with Gasteiger partial charge in [0.2, 0.25) is 0 Å². The lowest BCUT2D eigenvalue weighted by molar-refractivity contribution is 0.772. The molecule has 0 atom stereocenters. The molecule has 2 aromatic rings. The number of hydrogen-bond acceptors (Lipinski definition) is 2. The number of nitrogens with zero attached hydrogens (tertiary/aromatic N) is 2. The maximum atomic E-state index is 6.03. The Morgan fingerprint density at radius 1 is 1.39 bits per heavy atom. The largest absolute Gasteiger partial charge is 0.331 e. The summed E-state index contributed by atoms with van der Waals surface area (Å²) in [6.07, 6.45) is 0.941. The number of rotatable bonds is 4. The molecule has 0 fully saturated rings. The summed E-state index contributed by atoms with van der Waals surface area (Å²) in [6, 6.07) is 7.82. The van der Waals surface area contributed by atoms with Crippen molar-refractivity contribution in [1.29, 1.82) is 0 Å². The van der Waals surface area contributed by atoms with Crippen molar-refractivity contribution >= 4 is 11.6 Å². The van der Waals surface area contributed by atoms with E-state index in [0.717, 1.165) is 35.1 Å². The second-order valence-electron chi connectivity index (χ2n) is 4.39. The molecule has 3 nitrogen and oxygen atoms in total. The fourth-order valence-electron chi connectivity index (χ4n) is 2.00. The molecule has 1 N–H and O–H groups in total. The quantitative estimate of drug-likeness (QED) is 0.919. The zero-order chi connectivity index (χ0) is 13.1. The first-order chi connectivity index (χ1) is 8.63. The van der Waals surface area contributed by atoms with Gasteiger partial charge in [0.25, 0.3) is 0 Å². The van der Waals surface area contributed by atoms with Gasteiger partial charge in [-0.3, -0.25) is 0 Å². The Balaban J connectivity index is 2.39. The van der Waals surface area contributed by atoms with Crippen molar-refractivity contribution in [2.45, 2.75) is 13.3 Å². The van der Waals surface area contributed by atoms with Crippen LogP contribution < -0.4 is 5.32 Å².